The summed E-state index contributed by atoms with van der Waals surface area (Å²) in [5.74, 6) is 1.60. The van der Waals surface area contributed by atoms with Gasteiger partial charge in [-0.2, -0.15) is 0 Å². The first-order chi connectivity index (χ1) is 12.7. The van der Waals surface area contributed by atoms with E-state index in [9.17, 15) is 4.79 Å². The van der Waals surface area contributed by atoms with Gasteiger partial charge in [0.25, 0.3) is 5.91 Å². The lowest BCUT2D eigenvalue weighted by Gasteiger charge is -2.09. The van der Waals surface area contributed by atoms with Gasteiger partial charge in [0.2, 0.25) is 5.13 Å². The Morgan fingerprint density at radius 2 is 1.81 bits per heavy atom. The summed E-state index contributed by atoms with van der Waals surface area (Å²) in [6, 6.07) is 17.3. The summed E-state index contributed by atoms with van der Waals surface area (Å²) in [7, 11) is 1.55. The fraction of sp³-hybridized carbons (Fsp3) is 0.167. The molecule has 3 rings (SSSR count). The SMILES string of the molecule is COc1ccccc1OCC(=O)Nc1nnc(SCc2ccccc2)s1. The molecule has 1 amide bonds. The van der Waals surface area contributed by atoms with E-state index in [4.69, 9.17) is 9.47 Å². The van der Waals surface area contributed by atoms with Crippen LogP contribution in [0, 0.1) is 0 Å². The number of anilines is 1. The number of nitrogens with zero attached hydrogens (tertiary/aromatic N) is 2. The van der Waals surface area contributed by atoms with Crippen LogP contribution in [0.2, 0.25) is 0 Å². The molecule has 3 aromatic rings. The van der Waals surface area contributed by atoms with Crippen molar-refractivity contribution >= 4 is 34.1 Å². The van der Waals surface area contributed by atoms with Gasteiger partial charge in [0, 0.05) is 5.75 Å². The molecule has 1 N–H and O–H groups in total. The second-order valence-corrected chi connectivity index (χ2v) is 7.34. The van der Waals surface area contributed by atoms with Crippen LogP contribution in [0.15, 0.2) is 58.9 Å². The lowest BCUT2D eigenvalue weighted by atomic mass is 10.2. The zero-order valence-corrected chi connectivity index (χ0v) is 15.7. The molecule has 0 radical (unpaired) electrons. The highest BCUT2D eigenvalue weighted by atomic mass is 32.2. The van der Waals surface area contributed by atoms with Gasteiger partial charge in [-0.05, 0) is 17.7 Å². The number of carbonyl (C=O) groups is 1. The van der Waals surface area contributed by atoms with E-state index in [1.54, 1.807) is 31.0 Å². The molecule has 6 nitrogen and oxygen atoms in total. The number of hydrogen-bond donors (Lipinski definition) is 1. The Morgan fingerprint density at radius 1 is 1.08 bits per heavy atom. The van der Waals surface area contributed by atoms with E-state index in [2.05, 4.69) is 27.6 Å². The fourth-order valence-electron chi connectivity index (χ4n) is 2.07. The van der Waals surface area contributed by atoms with Crippen molar-refractivity contribution in [2.24, 2.45) is 0 Å². The van der Waals surface area contributed by atoms with Crippen LogP contribution in [0.5, 0.6) is 11.5 Å². The molecule has 8 heteroatoms. The normalized spacial score (nSPS) is 10.3. The molecule has 1 heterocycles. The van der Waals surface area contributed by atoms with Gasteiger partial charge < -0.3 is 9.47 Å². The van der Waals surface area contributed by atoms with Crippen molar-refractivity contribution in [1.29, 1.82) is 0 Å². The Bertz CT molecular complexity index is 856. The zero-order valence-electron chi connectivity index (χ0n) is 14.0. The quantitative estimate of drug-likeness (QED) is 0.467. The molecule has 0 aliphatic rings. The minimum absolute atomic E-state index is 0.132. The number of rotatable bonds is 8. The Morgan fingerprint density at radius 3 is 2.58 bits per heavy atom. The molecule has 134 valence electrons. The number of hydrogen-bond acceptors (Lipinski definition) is 7. The second-order valence-electron chi connectivity index (χ2n) is 5.14. The van der Waals surface area contributed by atoms with Crippen LogP contribution in [-0.4, -0.2) is 29.8 Å². The molecule has 1 aromatic heterocycles. The van der Waals surface area contributed by atoms with E-state index >= 15 is 0 Å². The summed E-state index contributed by atoms with van der Waals surface area (Å²) in [4.78, 5) is 12.0. The maximum Gasteiger partial charge on any atom is 0.264 e. The van der Waals surface area contributed by atoms with Crippen LogP contribution in [0.3, 0.4) is 0 Å². The number of nitrogens with one attached hydrogen (secondary N) is 1. The third-order valence-corrected chi connectivity index (χ3v) is 5.33. The van der Waals surface area contributed by atoms with Crippen molar-refractivity contribution in [1.82, 2.24) is 10.2 Å². The van der Waals surface area contributed by atoms with Gasteiger partial charge in [0.1, 0.15) is 0 Å². The highest BCUT2D eigenvalue weighted by Gasteiger charge is 2.11. The number of amides is 1. The van der Waals surface area contributed by atoms with Crippen LogP contribution in [0.1, 0.15) is 5.56 Å². The molecule has 0 aliphatic heterocycles. The summed E-state index contributed by atoms with van der Waals surface area (Å²) in [5, 5.41) is 11.2. The largest absolute Gasteiger partial charge is 0.493 e. The predicted octanol–water partition coefficient (Wildman–Crippen LogP) is 3.86. The number of para-hydroxylation sites is 2. The summed E-state index contributed by atoms with van der Waals surface area (Å²) >= 11 is 2.92. The van der Waals surface area contributed by atoms with Crippen LogP contribution < -0.4 is 14.8 Å². The number of ether oxygens (including phenoxy) is 2. The second kappa shape index (κ2) is 9.21. The summed E-state index contributed by atoms with van der Waals surface area (Å²) in [6.45, 7) is -0.132. The van der Waals surface area contributed by atoms with Crippen LogP contribution in [-0.2, 0) is 10.5 Å². The first-order valence-corrected chi connectivity index (χ1v) is 9.60. The van der Waals surface area contributed by atoms with Gasteiger partial charge in [0.15, 0.2) is 22.4 Å². The molecule has 0 saturated heterocycles. The minimum Gasteiger partial charge on any atom is -0.493 e. The number of aromatic nitrogens is 2. The topological polar surface area (TPSA) is 73.3 Å². The predicted molar refractivity (Wildman–Crippen MR) is 103 cm³/mol. The van der Waals surface area contributed by atoms with E-state index in [0.717, 1.165) is 10.1 Å². The lowest BCUT2D eigenvalue weighted by molar-refractivity contribution is -0.118. The maximum atomic E-state index is 12.0. The number of methoxy groups -OCH3 is 1. The van der Waals surface area contributed by atoms with E-state index in [1.807, 2.05) is 30.3 Å². The van der Waals surface area contributed by atoms with Gasteiger partial charge in [0.05, 0.1) is 7.11 Å². The standard InChI is InChI=1S/C18H17N3O3S2/c1-23-14-9-5-6-10-15(14)24-11-16(22)19-17-20-21-18(26-17)25-12-13-7-3-2-4-8-13/h2-10H,11-12H2,1H3,(H,19,20,22). The third kappa shape index (κ3) is 5.21. The van der Waals surface area contributed by atoms with Crippen molar-refractivity contribution in [2.45, 2.75) is 10.1 Å². The first-order valence-electron chi connectivity index (χ1n) is 7.80. The molecular weight excluding hydrogens is 370 g/mol. The number of thioether (sulfide) groups is 1. The lowest BCUT2D eigenvalue weighted by Crippen LogP contribution is -2.20. The molecule has 26 heavy (non-hydrogen) atoms. The van der Waals surface area contributed by atoms with Crippen molar-refractivity contribution in [2.75, 3.05) is 19.0 Å². The van der Waals surface area contributed by atoms with Crippen molar-refractivity contribution in [3.05, 3.63) is 60.2 Å². The number of benzene rings is 2. The third-order valence-electron chi connectivity index (χ3n) is 3.29. The van der Waals surface area contributed by atoms with Crippen LogP contribution in [0.25, 0.3) is 0 Å². The number of carbonyl (C=O) groups excluding carboxylic acids is 1. The molecular formula is C18H17N3O3S2. The van der Waals surface area contributed by atoms with Gasteiger partial charge >= 0.3 is 0 Å². The molecule has 0 aliphatic carbocycles. The van der Waals surface area contributed by atoms with Crippen LogP contribution >= 0.6 is 23.1 Å². The summed E-state index contributed by atoms with van der Waals surface area (Å²) in [6.07, 6.45) is 0. The van der Waals surface area contributed by atoms with Gasteiger partial charge in [-0.3, -0.25) is 10.1 Å². The first kappa shape index (κ1) is 18.2. The summed E-state index contributed by atoms with van der Waals surface area (Å²) < 4.78 is 11.5. The Labute approximate surface area is 159 Å². The summed E-state index contributed by atoms with van der Waals surface area (Å²) in [5.41, 5.74) is 1.21. The van der Waals surface area contributed by atoms with Gasteiger partial charge in [-0.15, -0.1) is 10.2 Å². The zero-order chi connectivity index (χ0) is 18.2. The maximum absolute atomic E-state index is 12.0. The minimum atomic E-state index is -0.299. The molecule has 0 spiro atoms. The highest BCUT2D eigenvalue weighted by Crippen LogP contribution is 2.28. The van der Waals surface area contributed by atoms with Crippen LogP contribution in [0.4, 0.5) is 5.13 Å². The average Bonchev–Trinajstić information content (AvgIpc) is 3.13. The molecule has 0 saturated carbocycles. The highest BCUT2D eigenvalue weighted by molar-refractivity contribution is 8.00. The Balaban J connectivity index is 1.48. The monoisotopic (exact) mass is 387 g/mol. The fourth-order valence-corrected chi connectivity index (χ4v) is 3.80. The van der Waals surface area contributed by atoms with E-state index in [1.165, 1.54) is 16.9 Å². The molecule has 2 aromatic carbocycles. The van der Waals surface area contributed by atoms with E-state index < -0.39 is 0 Å². The molecule has 0 unspecified atom stereocenters. The van der Waals surface area contributed by atoms with Crippen molar-refractivity contribution in [3.8, 4) is 11.5 Å². The van der Waals surface area contributed by atoms with Crippen molar-refractivity contribution < 1.29 is 14.3 Å². The molecule has 0 bridgehead atoms. The Hall–Kier alpha value is -2.58. The average molecular weight is 387 g/mol. The van der Waals surface area contributed by atoms with Gasteiger partial charge in [-0.25, -0.2) is 0 Å². The van der Waals surface area contributed by atoms with E-state index in [0.29, 0.717) is 16.6 Å². The van der Waals surface area contributed by atoms with Gasteiger partial charge in [-0.1, -0.05) is 65.6 Å². The Kier molecular flexibility index (Phi) is 6.45. The smallest absolute Gasteiger partial charge is 0.264 e. The molecule has 0 atom stereocenters. The van der Waals surface area contributed by atoms with E-state index in [-0.39, 0.29) is 12.5 Å². The van der Waals surface area contributed by atoms with Crippen molar-refractivity contribution in [3.63, 3.8) is 0 Å². The molecule has 0 fully saturated rings.